The standard InChI is InChI=1S/C26H27ClN2O/c1-18-16-26(2,3)29(4)25-13-8-19(14-24(18)25)17-28-21-9-11-22(12-10-21)30-23-7-5-6-20(27)15-23/h5-15,17-18H,16H2,1-4H3. The first-order valence-electron chi connectivity index (χ1n) is 10.3. The Kier molecular flexibility index (Phi) is 5.57. The van der Waals surface area contributed by atoms with Crippen LogP contribution in [0, 0.1) is 0 Å². The Morgan fingerprint density at radius 1 is 1.03 bits per heavy atom. The molecule has 0 aliphatic carbocycles. The Balaban J connectivity index is 1.48. The van der Waals surface area contributed by atoms with Crippen molar-refractivity contribution in [1.82, 2.24) is 0 Å². The molecule has 1 aliphatic rings. The molecule has 1 heterocycles. The van der Waals surface area contributed by atoms with E-state index in [-0.39, 0.29) is 5.54 Å². The lowest BCUT2D eigenvalue weighted by molar-refractivity contribution is 0.395. The van der Waals surface area contributed by atoms with Gasteiger partial charge in [-0.05, 0) is 91.9 Å². The summed E-state index contributed by atoms with van der Waals surface area (Å²) in [6.45, 7) is 6.93. The zero-order valence-corrected chi connectivity index (χ0v) is 18.6. The maximum absolute atomic E-state index is 6.01. The van der Waals surface area contributed by atoms with Crippen molar-refractivity contribution < 1.29 is 4.74 Å². The van der Waals surface area contributed by atoms with Crippen LogP contribution in [-0.4, -0.2) is 18.8 Å². The summed E-state index contributed by atoms with van der Waals surface area (Å²) >= 11 is 6.01. The van der Waals surface area contributed by atoms with Gasteiger partial charge in [-0.15, -0.1) is 0 Å². The monoisotopic (exact) mass is 418 g/mol. The molecule has 0 saturated heterocycles. The van der Waals surface area contributed by atoms with E-state index in [9.17, 15) is 0 Å². The molecule has 1 aliphatic heterocycles. The predicted octanol–water partition coefficient (Wildman–Crippen LogP) is 7.60. The molecule has 0 amide bonds. The van der Waals surface area contributed by atoms with Crippen LogP contribution in [0.2, 0.25) is 5.02 Å². The first-order valence-corrected chi connectivity index (χ1v) is 10.6. The number of benzene rings is 3. The summed E-state index contributed by atoms with van der Waals surface area (Å²) in [5.74, 6) is 2.00. The number of anilines is 1. The van der Waals surface area contributed by atoms with Gasteiger partial charge in [0.05, 0.1) is 5.69 Å². The molecule has 0 bridgehead atoms. The summed E-state index contributed by atoms with van der Waals surface area (Å²) in [5, 5.41) is 0.655. The van der Waals surface area contributed by atoms with Crippen molar-refractivity contribution in [1.29, 1.82) is 0 Å². The van der Waals surface area contributed by atoms with Crippen molar-refractivity contribution in [3.8, 4) is 11.5 Å². The van der Waals surface area contributed by atoms with Crippen LogP contribution in [0.1, 0.15) is 44.2 Å². The van der Waals surface area contributed by atoms with Crippen LogP contribution >= 0.6 is 11.6 Å². The lowest BCUT2D eigenvalue weighted by Gasteiger charge is -2.45. The van der Waals surface area contributed by atoms with E-state index in [0.29, 0.717) is 10.9 Å². The Bertz CT molecular complexity index is 1070. The first-order chi connectivity index (χ1) is 14.3. The summed E-state index contributed by atoms with van der Waals surface area (Å²) in [7, 11) is 2.19. The number of aliphatic imine (C=N–C) groups is 1. The highest BCUT2D eigenvalue weighted by Gasteiger charge is 2.33. The number of rotatable bonds is 4. The highest BCUT2D eigenvalue weighted by molar-refractivity contribution is 6.30. The largest absolute Gasteiger partial charge is 0.457 e. The molecule has 0 fully saturated rings. The van der Waals surface area contributed by atoms with Gasteiger partial charge in [0, 0.05) is 29.5 Å². The Morgan fingerprint density at radius 3 is 2.53 bits per heavy atom. The summed E-state index contributed by atoms with van der Waals surface area (Å²) in [4.78, 5) is 7.04. The molecule has 4 rings (SSSR count). The summed E-state index contributed by atoms with van der Waals surface area (Å²) in [6.07, 6.45) is 3.07. The number of ether oxygens (including phenoxy) is 1. The first kappa shape index (κ1) is 20.5. The zero-order valence-electron chi connectivity index (χ0n) is 17.9. The third-order valence-electron chi connectivity index (χ3n) is 5.89. The van der Waals surface area contributed by atoms with Gasteiger partial charge in [0.2, 0.25) is 0 Å². The molecule has 30 heavy (non-hydrogen) atoms. The van der Waals surface area contributed by atoms with E-state index in [2.05, 4.69) is 55.9 Å². The number of halogens is 1. The molecule has 4 heteroatoms. The van der Waals surface area contributed by atoms with E-state index in [1.54, 1.807) is 6.07 Å². The van der Waals surface area contributed by atoms with Crippen LogP contribution in [0.5, 0.6) is 11.5 Å². The van der Waals surface area contributed by atoms with E-state index in [1.165, 1.54) is 11.3 Å². The summed E-state index contributed by atoms with van der Waals surface area (Å²) < 4.78 is 5.84. The van der Waals surface area contributed by atoms with Crippen molar-refractivity contribution in [2.24, 2.45) is 4.99 Å². The lowest BCUT2D eigenvalue weighted by Crippen LogP contribution is -2.45. The molecule has 0 N–H and O–H groups in total. The maximum atomic E-state index is 6.01. The normalized spacial score (nSPS) is 17.8. The second kappa shape index (κ2) is 8.16. The molecule has 0 aromatic heterocycles. The van der Waals surface area contributed by atoms with Crippen molar-refractivity contribution in [3.05, 3.63) is 82.9 Å². The molecular weight excluding hydrogens is 392 g/mol. The topological polar surface area (TPSA) is 24.8 Å². The minimum atomic E-state index is 0.178. The minimum Gasteiger partial charge on any atom is -0.457 e. The van der Waals surface area contributed by atoms with Crippen molar-refractivity contribution >= 4 is 29.2 Å². The lowest BCUT2D eigenvalue weighted by atomic mass is 9.80. The van der Waals surface area contributed by atoms with E-state index in [1.807, 2.05) is 48.7 Å². The summed E-state index contributed by atoms with van der Waals surface area (Å²) in [6, 6.07) is 21.7. The molecule has 0 saturated carbocycles. The van der Waals surface area contributed by atoms with Gasteiger partial charge < -0.3 is 9.64 Å². The van der Waals surface area contributed by atoms with Gasteiger partial charge in [-0.1, -0.05) is 30.7 Å². The average Bonchev–Trinajstić information content (AvgIpc) is 2.71. The number of fused-ring (bicyclic) bond motifs is 1. The smallest absolute Gasteiger partial charge is 0.128 e. The quantitative estimate of drug-likeness (QED) is 0.407. The van der Waals surface area contributed by atoms with Gasteiger partial charge in [-0.3, -0.25) is 4.99 Å². The van der Waals surface area contributed by atoms with E-state index < -0.39 is 0 Å². The minimum absolute atomic E-state index is 0.178. The van der Waals surface area contributed by atoms with E-state index in [4.69, 9.17) is 16.3 Å². The van der Waals surface area contributed by atoms with Crippen LogP contribution in [0.15, 0.2) is 71.7 Å². The van der Waals surface area contributed by atoms with Gasteiger partial charge in [0.1, 0.15) is 11.5 Å². The zero-order chi connectivity index (χ0) is 21.3. The van der Waals surface area contributed by atoms with E-state index >= 15 is 0 Å². The maximum Gasteiger partial charge on any atom is 0.128 e. The predicted molar refractivity (Wildman–Crippen MR) is 127 cm³/mol. The second-order valence-corrected chi connectivity index (χ2v) is 9.04. The highest BCUT2D eigenvalue weighted by Crippen LogP contribution is 2.42. The molecule has 3 aromatic carbocycles. The van der Waals surface area contributed by atoms with Crippen molar-refractivity contribution in [2.45, 2.75) is 38.6 Å². The second-order valence-electron chi connectivity index (χ2n) is 8.61. The molecule has 154 valence electrons. The van der Waals surface area contributed by atoms with Crippen molar-refractivity contribution in [3.63, 3.8) is 0 Å². The fraction of sp³-hybridized carbons (Fsp3) is 0.269. The highest BCUT2D eigenvalue weighted by atomic mass is 35.5. The van der Waals surface area contributed by atoms with Gasteiger partial charge in [0.15, 0.2) is 0 Å². The molecule has 3 aromatic rings. The fourth-order valence-electron chi connectivity index (χ4n) is 4.09. The van der Waals surface area contributed by atoms with Crippen LogP contribution in [-0.2, 0) is 0 Å². The van der Waals surface area contributed by atoms with Crippen LogP contribution in [0.25, 0.3) is 0 Å². The van der Waals surface area contributed by atoms with Crippen LogP contribution < -0.4 is 9.64 Å². The molecule has 3 nitrogen and oxygen atoms in total. The van der Waals surface area contributed by atoms with Gasteiger partial charge in [0.25, 0.3) is 0 Å². The molecule has 1 atom stereocenters. The van der Waals surface area contributed by atoms with Gasteiger partial charge >= 0.3 is 0 Å². The molecule has 0 spiro atoms. The molecule has 0 radical (unpaired) electrons. The third kappa shape index (κ3) is 4.36. The van der Waals surface area contributed by atoms with E-state index in [0.717, 1.165) is 29.2 Å². The number of hydrogen-bond acceptors (Lipinski definition) is 3. The Labute approximate surface area is 184 Å². The number of nitrogens with zero attached hydrogens (tertiary/aromatic N) is 2. The Hall–Kier alpha value is -2.78. The SMILES string of the molecule is CC1CC(C)(C)N(C)c2ccc(C=Nc3ccc(Oc4cccc(Cl)c4)cc3)cc21. The van der Waals surface area contributed by atoms with Crippen LogP contribution in [0.3, 0.4) is 0 Å². The molecular formula is C26H27ClN2O. The van der Waals surface area contributed by atoms with Crippen LogP contribution in [0.4, 0.5) is 11.4 Å². The summed E-state index contributed by atoms with van der Waals surface area (Å²) in [5.41, 5.74) is 4.89. The van der Waals surface area contributed by atoms with Gasteiger partial charge in [-0.25, -0.2) is 0 Å². The average molecular weight is 419 g/mol. The third-order valence-corrected chi connectivity index (χ3v) is 6.12. The molecule has 1 unspecified atom stereocenters. The van der Waals surface area contributed by atoms with Gasteiger partial charge in [-0.2, -0.15) is 0 Å². The van der Waals surface area contributed by atoms with Crippen molar-refractivity contribution in [2.75, 3.05) is 11.9 Å². The number of hydrogen-bond donors (Lipinski definition) is 0. The fourth-order valence-corrected chi connectivity index (χ4v) is 4.27. The Morgan fingerprint density at radius 2 is 1.80 bits per heavy atom.